The molecule has 8 nitrogen and oxygen atoms in total. The van der Waals surface area contributed by atoms with Crippen LogP contribution >= 0.6 is 0 Å². The number of hydrogen-bond acceptors (Lipinski definition) is 6. The first-order valence-corrected chi connectivity index (χ1v) is 10.0. The standard InChI is InChI=1S/C19H24N2O6S/c1-25-12-6-11-20-19(22)15-7-4-5-8-16(15)21-28(23,24)18-13-14(26-2)9-10-17(18)27-3/h4-5,7-10,13,21H,6,11-12H2,1-3H3,(H,20,22). The van der Waals surface area contributed by atoms with Crippen LogP contribution in [-0.2, 0) is 14.8 Å². The fourth-order valence-corrected chi connectivity index (χ4v) is 3.74. The second kappa shape index (κ2) is 9.95. The molecule has 0 aliphatic carbocycles. The van der Waals surface area contributed by atoms with E-state index >= 15 is 0 Å². The molecule has 2 aromatic carbocycles. The monoisotopic (exact) mass is 408 g/mol. The van der Waals surface area contributed by atoms with Gasteiger partial charge < -0.3 is 19.5 Å². The summed E-state index contributed by atoms with van der Waals surface area (Å²) in [7, 11) is 0.370. The van der Waals surface area contributed by atoms with Gasteiger partial charge in [0.05, 0.1) is 25.5 Å². The fraction of sp³-hybridized carbons (Fsp3) is 0.316. The van der Waals surface area contributed by atoms with Crippen molar-refractivity contribution in [2.24, 2.45) is 0 Å². The Labute approximate surface area is 164 Å². The number of sulfonamides is 1. The van der Waals surface area contributed by atoms with E-state index in [4.69, 9.17) is 14.2 Å². The minimum Gasteiger partial charge on any atom is -0.497 e. The second-order valence-electron chi connectivity index (χ2n) is 5.77. The molecule has 0 unspecified atom stereocenters. The van der Waals surface area contributed by atoms with Crippen LogP contribution in [0.3, 0.4) is 0 Å². The van der Waals surface area contributed by atoms with Crippen molar-refractivity contribution in [2.75, 3.05) is 39.2 Å². The van der Waals surface area contributed by atoms with Gasteiger partial charge in [-0.1, -0.05) is 12.1 Å². The van der Waals surface area contributed by atoms with Crippen molar-refractivity contribution in [3.63, 3.8) is 0 Å². The normalized spacial score (nSPS) is 11.0. The molecule has 152 valence electrons. The highest BCUT2D eigenvalue weighted by Gasteiger charge is 2.23. The van der Waals surface area contributed by atoms with Crippen molar-refractivity contribution < 1.29 is 27.4 Å². The van der Waals surface area contributed by atoms with Crippen molar-refractivity contribution in [1.82, 2.24) is 5.32 Å². The Bertz CT molecular complexity index is 914. The molecule has 0 fully saturated rings. The molecule has 0 bridgehead atoms. The van der Waals surface area contributed by atoms with Crippen LogP contribution in [0, 0.1) is 0 Å². The predicted molar refractivity (Wildman–Crippen MR) is 106 cm³/mol. The van der Waals surface area contributed by atoms with Gasteiger partial charge in [0.25, 0.3) is 15.9 Å². The Morgan fingerprint density at radius 3 is 2.46 bits per heavy atom. The zero-order valence-corrected chi connectivity index (χ0v) is 16.8. The van der Waals surface area contributed by atoms with Crippen LogP contribution < -0.4 is 19.5 Å². The maximum absolute atomic E-state index is 12.9. The van der Waals surface area contributed by atoms with Gasteiger partial charge in [-0.05, 0) is 30.7 Å². The average molecular weight is 408 g/mol. The summed E-state index contributed by atoms with van der Waals surface area (Å²) in [5.41, 5.74) is 0.377. The second-order valence-corrected chi connectivity index (χ2v) is 7.42. The summed E-state index contributed by atoms with van der Waals surface area (Å²) in [6, 6.07) is 10.8. The third kappa shape index (κ3) is 5.37. The molecule has 2 N–H and O–H groups in total. The molecule has 0 saturated heterocycles. The summed E-state index contributed by atoms with van der Waals surface area (Å²) in [5, 5.41) is 2.74. The Morgan fingerprint density at radius 2 is 1.79 bits per heavy atom. The lowest BCUT2D eigenvalue weighted by Crippen LogP contribution is -2.26. The number of amides is 1. The van der Waals surface area contributed by atoms with Gasteiger partial charge in [0.2, 0.25) is 0 Å². The smallest absolute Gasteiger partial charge is 0.265 e. The van der Waals surface area contributed by atoms with E-state index in [2.05, 4.69) is 10.0 Å². The summed E-state index contributed by atoms with van der Waals surface area (Å²) in [6.45, 7) is 0.932. The van der Waals surface area contributed by atoms with E-state index in [1.54, 1.807) is 31.4 Å². The number of methoxy groups -OCH3 is 3. The molecular weight excluding hydrogens is 384 g/mol. The molecule has 28 heavy (non-hydrogen) atoms. The number of carbonyl (C=O) groups is 1. The number of hydrogen-bond donors (Lipinski definition) is 2. The topological polar surface area (TPSA) is 103 Å². The van der Waals surface area contributed by atoms with E-state index in [9.17, 15) is 13.2 Å². The lowest BCUT2D eigenvalue weighted by atomic mass is 10.1. The van der Waals surface area contributed by atoms with Crippen LogP contribution in [0.15, 0.2) is 47.4 Å². The van der Waals surface area contributed by atoms with E-state index in [1.807, 2.05) is 0 Å². The van der Waals surface area contributed by atoms with Crippen molar-refractivity contribution in [2.45, 2.75) is 11.3 Å². The lowest BCUT2D eigenvalue weighted by molar-refractivity contribution is 0.0949. The SMILES string of the molecule is COCCCNC(=O)c1ccccc1NS(=O)(=O)c1cc(OC)ccc1OC. The Balaban J connectivity index is 2.29. The average Bonchev–Trinajstić information content (AvgIpc) is 2.70. The van der Waals surface area contributed by atoms with E-state index in [1.165, 1.54) is 32.4 Å². The summed E-state index contributed by atoms with van der Waals surface area (Å²) in [5.74, 6) is 0.146. The predicted octanol–water partition coefficient (Wildman–Crippen LogP) is 2.27. The van der Waals surface area contributed by atoms with Gasteiger partial charge >= 0.3 is 0 Å². The molecule has 0 heterocycles. The van der Waals surface area contributed by atoms with Crippen LogP contribution in [0.5, 0.6) is 11.5 Å². The lowest BCUT2D eigenvalue weighted by Gasteiger charge is -2.15. The summed E-state index contributed by atoms with van der Waals surface area (Å²) in [6.07, 6.45) is 0.650. The number of ether oxygens (including phenoxy) is 3. The first-order chi connectivity index (χ1) is 13.4. The van der Waals surface area contributed by atoms with Crippen LogP contribution in [0.1, 0.15) is 16.8 Å². The number of carbonyl (C=O) groups excluding carboxylic acids is 1. The zero-order valence-electron chi connectivity index (χ0n) is 16.0. The first-order valence-electron chi connectivity index (χ1n) is 8.54. The molecule has 2 aromatic rings. The first kappa shape index (κ1) is 21.5. The summed E-state index contributed by atoms with van der Waals surface area (Å²) < 4.78 is 43.5. The van der Waals surface area contributed by atoms with Crippen LogP contribution in [0.4, 0.5) is 5.69 Å². The highest BCUT2D eigenvalue weighted by molar-refractivity contribution is 7.92. The highest BCUT2D eigenvalue weighted by atomic mass is 32.2. The van der Waals surface area contributed by atoms with Crippen molar-refractivity contribution in [3.05, 3.63) is 48.0 Å². The van der Waals surface area contributed by atoms with Gasteiger partial charge in [0.1, 0.15) is 16.4 Å². The van der Waals surface area contributed by atoms with E-state index in [0.717, 1.165) is 0 Å². The van der Waals surface area contributed by atoms with E-state index in [0.29, 0.717) is 25.3 Å². The molecule has 0 spiro atoms. The summed E-state index contributed by atoms with van der Waals surface area (Å²) in [4.78, 5) is 12.4. The Hall–Kier alpha value is -2.78. The molecular formula is C19H24N2O6S. The van der Waals surface area contributed by atoms with Crippen molar-refractivity contribution in [1.29, 1.82) is 0 Å². The fourth-order valence-electron chi connectivity index (χ4n) is 2.48. The van der Waals surface area contributed by atoms with Gasteiger partial charge in [0, 0.05) is 26.3 Å². The highest BCUT2D eigenvalue weighted by Crippen LogP contribution is 2.30. The maximum atomic E-state index is 12.9. The van der Waals surface area contributed by atoms with Gasteiger partial charge in [0.15, 0.2) is 0 Å². The molecule has 0 atom stereocenters. The largest absolute Gasteiger partial charge is 0.497 e. The number of benzene rings is 2. The Morgan fingerprint density at radius 1 is 1.04 bits per heavy atom. The number of nitrogens with one attached hydrogen (secondary N) is 2. The van der Waals surface area contributed by atoms with Crippen LogP contribution in [0.2, 0.25) is 0 Å². The van der Waals surface area contributed by atoms with Crippen LogP contribution in [0.25, 0.3) is 0 Å². The molecule has 0 saturated carbocycles. The molecule has 0 radical (unpaired) electrons. The maximum Gasteiger partial charge on any atom is 0.265 e. The van der Waals surface area contributed by atoms with Crippen molar-refractivity contribution in [3.8, 4) is 11.5 Å². The Kier molecular flexibility index (Phi) is 7.65. The zero-order chi connectivity index (χ0) is 20.6. The molecule has 1 amide bonds. The van der Waals surface area contributed by atoms with Gasteiger partial charge in [-0.2, -0.15) is 0 Å². The third-order valence-electron chi connectivity index (χ3n) is 3.89. The third-order valence-corrected chi connectivity index (χ3v) is 5.27. The number of rotatable bonds is 10. The number of para-hydroxylation sites is 1. The molecule has 0 aliphatic heterocycles. The molecule has 0 aromatic heterocycles. The van der Waals surface area contributed by atoms with E-state index in [-0.39, 0.29) is 27.8 Å². The van der Waals surface area contributed by atoms with E-state index < -0.39 is 10.0 Å². The minimum absolute atomic E-state index is 0.0929. The molecule has 2 rings (SSSR count). The van der Waals surface area contributed by atoms with Crippen LogP contribution in [-0.4, -0.2) is 48.8 Å². The van der Waals surface area contributed by atoms with Gasteiger partial charge in [-0.15, -0.1) is 0 Å². The van der Waals surface area contributed by atoms with Gasteiger partial charge in [-0.25, -0.2) is 8.42 Å². The molecule has 9 heteroatoms. The van der Waals surface area contributed by atoms with Crippen molar-refractivity contribution >= 4 is 21.6 Å². The minimum atomic E-state index is -4.03. The summed E-state index contributed by atoms with van der Waals surface area (Å²) >= 11 is 0. The molecule has 0 aliphatic rings. The quantitative estimate of drug-likeness (QED) is 0.585. The number of anilines is 1. The van der Waals surface area contributed by atoms with Gasteiger partial charge in [-0.3, -0.25) is 9.52 Å².